The van der Waals surface area contributed by atoms with Crippen LogP contribution in [0.5, 0.6) is 11.5 Å². The molecule has 6 rings (SSSR count). The predicted octanol–water partition coefficient (Wildman–Crippen LogP) is 8.81. The maximum atomic E-state index is 14.2. The van der Waals surface area contributed by atoms with Gasteiger partial charge in [-0.2, -0.15) is 5.26 Å². The van der Waals surface area contributed by atoms with E-state index >= 15 is 0 Å². The summed E-state index contributed by atoms with van der Waals surface area (Å²) in [6.07, 6.45) is 1.57. The van der Waals surface area contributed by atoms with Crippen LogP contribution in [0.2, 0.25) is 0 Å². The maximum Gasteiger partial charge on any atom is 0.410 e. The minimum atomic E-state index is -0.753. The highest BCUT2D eigenvalue weighted by Gasteiger charge is 2.31. The van der Waals surface area contributed by atoms with Crippen molar-refractivity contribution in [1.82, 2.24) is 10.2 Å². The fraction of sp³-hybridized carbons (Fsp3) is 0.222. The van der Waals surface area contributed by atoms with Gasteiger partial charge in [-0.1, -0.05) is 60.7 Å². The van der Waals surface area contributed by atoms with Crippen molar-refractivity contribution in [3.8, 4) is 17.6 Å². The van der Waals surface area contributed by atoms with E-state index in [0.29, 0.717) is 56.7 Å². The van der Waals surface area contributed by atoms with Crippen LogP contribution in [0.1, 0.15) is 63.5 Å². The number of thiophene rings is 1. The third-order valence-corrected chi connectivity index (χ3v) is 11.4. The van der Waals surface area contributed by atoms with Crippen molar-refractivity contribution in [1.29, 1.82) is 5.26 Å². The first-order valence-electron chi connectivity index (χ1n) is 18.6. The number of carbonyl (C=O) groups is 4. The minimum absolute atomic E-state index is 0.0215. The number of methoxy groups -OCH3 is 2. The molecule has 0 radical (unpaired) electrons. The van der Waals surface area contributed by atoms with Gasteiger partial charge in [0.05, 0.1) is 26.3 Å². The highest BCUT2D eigenvalue weighted by atomic mass is 32.2. The van der Waals surface area contributed by atoms with Crippen LogP contribution in [0.4, 0.5) is 15.5 Å². The molecule has 4 amide bonds. The summed E-state index contributed by atoms with van der Waals surface area (Å²) in [7, 11) is 3.03. The summed E-state index contributed by atoms with van der Waals surface area (Å²) in [5, 5.41) is 18.5. The van der Waals surface area contributed by atoms with E-state index in [4.69, 9.17) is 14.2 Å². The number of nitrogens with zero attached hydrogens (tertiary/aromatic N) is 2. The lowest BCUT2D eigenvalue weighted by Gasteiger charge is -2.29. The van der Waals surface area contributed by atoms with Gasteiger partial charge in [0.1, 0.15) is 27.6 Å². The molecular formula is C45H43N5O7S2. The molecule has 59 heavy (non-hydrogen) atoms. The Kier molecular flexibility index (Phi) is 13.4. The van der Waals surface area contributed by atoms with E-state index in [2.05, 4.69) is 22.0 Å². The van der Waals surface area contributed by atoms with E-state index in [-0.39, 0.29) is 18.1 Å². The Morgan fingerprint density at radius 2 is 1.59 bits per heavy atom. The topological polar surface area (TPSA) is 159 Å². The summed E-state index contributed by atoms with van der Waals surface area (Å²) in [6, 6.07) is 32.3. The van der Waals surface area contributed by atoms with Crippen LogP contribution in [-0.4, -0.2) is 55.1 Å². The van der Waals surface area contributed by atoms with Gasteiger partial charge in [0.15, 0.2) is 11.5 Å². The lowest BCUT2D eigenvalue weighted by atomic mass is 10.0. The van der Waals surface area contributed by atoms with E-state index in [1.54, 1.807) is 77.7 Å². The molecule has 1 aliphatic heterocycles. The van der Waals surface area contributed by atoms with Crippen molar-refractivity contribution in [2.75, 3.05) is 31.4 Å². The van der Waals surface area contributed by atoms with Crippen molar-refractivity contribution in [2.24, 2.45) is 0 Å². The zero-order valence-electron chi connectivity index (χ0n) is 33.2. The summed E-state index contributed by atoms with van der Waals surface area (Å²) in [6.45, 7) is 6.10. The number of hydrogen-bond acceptors (Lipinski definition) is 10. The largest absolute Gasteiger partial charge is 0.493 e. The molecule has 5 aromatic rings. The number of fused-ring (bicyclic) bond motifs is 1. The molecule has 0 saturated heterocycles. The second-order valence-electron chi connectivity index (χ2n) is 14.3. The van der Waals surface area contributed by atoms with Crippen LogP contribution in [0.25, 0.3) is 6.08 Å². The van der Waals surface area contributed by atoms with E-state index in [1.807, 2.05) is 57.2 Å². The standard InChI is InChI=1S/C45H43N5O7S2/c1-45(2,3)57-44(54)50-22-21-33-34(26-46)43(59-38(33)27-50)49-42(53)39(29-13-8-6-9-14-29)58-32-18-12-17-31(25-32)47-41(52)35(48-40(51)30-15-10-7-11-16-30)23-28-19-20-36(55-4)37(24-28)56-5/h6-20,23-25,39H,21-22,27H2,1-5H3,(H,47,52)(H,48,51)(H,49,53)/b35-23+. The number of hydrogen-bond donors (Lipinski definition) is 3. The second kappa shape index (κ2) is 18.8. The van der Waals surface area contributed by atoms with E-state index < -0.39 is 28.8 Å². The normalized spacial score (nSPS) is 12.9. The molecule has 1 unspecified atom stereocenters. The molecule has 2 heterocycles. The van der Waals surface area contributed by atoms with Gasteiger partial charge in [-0.05, 0) is 92.4 Å². The quantitative estimate of drug-likeness (QED) is 0.0825. The Hall–Kier alpha value is -6.56. The molecule has 1 atom stereocenters. The molecule has 4 aromatic carbocycles. The molecule has 1 aromatic heterocycles. The summed E-state index contributed by atoms with van der Waals surface area (Å²) in [5.74, 6) is -0.449. The average molecular weight is 830 g/mol. The molecule has 14 heteroatoms. The van der Waals surface area contributed by atoms with Gasteiger partial charge in [0.2, 0.25) is 5.91 Å². The number of nitriles is 1. The molecule has 0 spiro atoms. The number of ether oxygens (including phenoxy) is 3. The Bertz CT molecular complexity index is 2420. The molecule has 3 N–H and O–H groups in total. The predicted molar refractivity (Wildman–Crippen MR) is 230 cm³/mol. The third kappa shape index (κ3) is 10.7. The monoisotopic (exact) mass is 829 g/mol. The number of nitrogens with one attached hydrogen (secondary N) is 3. The molecule has 1 aliphatic rings. The first-order chi connectivity index (χ1) is 28.3. The van der Waals surface area contributed by atoms with Crippen molar-refractivity contribution < 1.29 is 33.4 Å². The van der Waals surface area contributed by atoms with E-state index in [1.165, 1.54) is 37.3 Å². The lowest BCUT2D eigenvalue weighted by molar-refractivity contribution is -0.116. The Labute approximate surface area is 351 Å². The Morgan fingerprint density at radius 3 is 2.27 bits per heavy atom. The van der Waals surface area contributed by atoms with Crippen molar-refractivity contribution in [2.45, 2.75) is 49.5 Å². The van der Waals surface area contributed by atoms with Crippen LogP contribution < -0.4 is 25.4 Å². The van der Waals surface area contributed by atoms with Crippen LogP contribution in [-0.2, 0) is 27.3 Å². The van der Waals surface area contributed by atoms with Crippen LogP contribution >= 0.6 is 23.1 Å². The Morgan fingerprint density at radius 1 is 0.881 bits per heavy atom. The SMILES string of the molecule is COc1ccc(/C=C(/NC(=O)c2ccccc2)C(=O)Nc2cccc(SC(C(=O)Nc3sc4c(c3C#N)CCN(C(=O)OC(C)(C)C)C4)c3ccccc3)c2)cc1OC. The van der Waals surface area contributed by atoms with Crippen LogP contribution in [0.3, 0.4) is 0 Å². The second-order valence-corrected chi connectivity index (χ2v) is 16.6. The molecule has 0 aliphatic carbocycles. The van der Waals surface area contributed by atoms with Gasteiger partial charge in [-0.15, -0.1) is 23.1 Å². The van der Waals surface area contributed by atoms with Gasteiger partial charge in [0.25, 0.3) is 11.8 Å². The molecule has 0 bridgehead atoms. The van der Waals surface area contributed by atoms with Gasteiger partial charge in [-0.25, -0.2) is 4.79 Å². The van der Waals surface area contributed by atoms with Crippen LogP contribution in [0.15, 0.2) is 114 Å². The fourth-order valence-electron chi connectivity index (χ4n) is 6.20. The maximum absolute atomic E-state index is 14.2. The molecule has 0 saturated carbocycles. The van der Waals surface area contributed by atoms with Crippen molar-refractivity contribution in [3.05, 3.63) is 142 Å². The number of amides is 4. The zero-order chi connectivity index (χ0) is 42.1. The minimum Gasteiger partial charge on any atom is -0.493 e. The highest BCUT2D eigenvalue weighted by Crippen LogP contribution is 2.41. The summed E-state index contributed by atoms with van der Waals surface area (Å²) in [4.78, 5) is 57.3. The highest BCUT2D eigenvalue weighted by molar-refractivity contribution is 8.00. The van der Waals surface area contributed by atoms with E-state index in [0.717, 1.165) is 16.0 Å². The zero-order valence-corrected chi connectivity index (χ0v) is 34.8. The number of carbonyl (C=O) groups excluding carboxylic acids is 4. The molecule has 302 valence electrons. The third-order valence-electron chi connectivity index (χ3n) is 8.99. The number of benzene rings is 4. The number of thioether (sulfide) groups is 1. The summed E-state index contributed by atoms with van der Waals surface area (Å²) in [5.41, 5.74) is 2.64. The summed E-state index contributed by atoms with van der Waals surface area (Å²) < 4.78 is 16.4. The average Bonchev–Trinajstić information content (AvgIpc) is 3.58. The first kappa shape index (κ1) is 42.1. The fourth-order valence-corrected chi connectivity index (χ4v) is 8.50. The molecule has 12 nitrogen and oxygen atoms in total. The van der Waals surface area contributed by atoms with E-state index in [9.17, 15) is 24.4 Å². The molecule has 0 fully saturated rings. The van der Waals surface area contributed by atoms with Gasteiger partial charge in [-0.3, -0.25) is 14.4 Å². The summed E-state index contributed by atoms with van der Waals surface area (Å²) >= 11 is 2.56. The number of rotatable bonds is 12. The first-order valence-corrected chi connectivity index (χ1v) is 20.3. The van der Waals surface area contributed by atoms with Crippen LogP contribution in [0, 0.1) is 11.3 Å². The van der Waals surface area contributed by atoms with Crippen molar-refractivity contribution in [3.63, 3.8) is 0 Å². The Balaban J connectivity index is 1.23. The molecular weight excluding hydrogens is 787 g/mol. The van der Waals surface area contributed by atoms with Crippen molar-refractivity contribution >= 4 is 63.7 Å². The van der Waals surface area contributed by atoms with Gasteiger partial charge >= 0.3 is 6.09 Å². The van der Waals surface area contributed by atoms with Gasteiger partial charge in [0, 0.05) is 27.6 Å². The number of anilines is 2. The van der Waals surface area contributed by atoms with Gasteiger partial charge < -0.3 is 35.1 Å². The lowest BCUT2D eigenvalue weighted by Crippen LogP contribution is -2.39. The smallest absolute Gasteiger partial charge is 0.410 e.